The first-order valence-electron chi connectivity index (χ1n) is 8.07. The van der Waals surface area contributed by atoms with Gasteiger partial charge in [0.25, 0.3) is 11.6 Å². The number of nitro benzene ring substituents is 1. The molecule has 0 radical (unpaired) electrons. The molecular weight excluding hydrogens is 352 g/mol. The van der Waals surface area contributed by atoms with Crippen LogP contribution in [0.5, 0.6) is 5.75 Å². The van der Waals surface area contributed by atoms with Gasteiger partial charge in [-0.3, -0.25) is 19.7 Å². The van der Waals surface area contributed by atoms with Crippen LogP contribution >= 0.6 is 0 Å². The van der Waals surface area contributed by atoms with Crippen LogP contribution in [0.25, 0.3) is 0 Å². The van der Waals surface area contributed by atoms with Gasteiger partial charge in [0.1, 0.15) is 11.8 Å². The lowest BCUT2D eigenvalue weighted by molar-refractivity contribution is -0.384. The maximum Gasteiger partial charge on any atom is 0.273 e. The molecule has 0 fully saturated rings. The number of rotatable bonds is 7. The van der Waals surface area contributed by atoms with Gasteiger partial charge < -0.3 is 20.7 Å². The van der Waals surface area contributed by atoms with Crippen LogP contribution in [0.4, 0.5) is 17.1 Å². The van der Waals surface area contributed by atoms with Crippen molar-refractivity contribution in [2.24, 2.45) is 0 Å². The molecule has 0 aromatic heterocycles. The zero-order valence-electron chi connectivity index (χ0n) is 15.1. The van der Waals surface area contributed by atoms with E-state index in [1.165, 1.54) is 32.4 Å². The highest BCUT2D eigenvalue weighted by Crippen LogP contribution is 2.29. The molecule has 142 valence electrons. The van der Waals surface area contributed by atoms with E-state index >= 15 is 0 Å². The second kappa shape index (κ2) is 8.65. The van der Waals surface area contributed by atoms with Crippen LogP contribution in [0, 0.1) is 10.1 Å². The highest BCUT2D eigenvalue weighted by molar-refractivity contribution is 5.98. The van der Waals surface area contributed by atoms with E-state index in [0.29, 0.717) is 16.9 Å². The van der Waals surface area contributed by atoms with Crippen LogP contribution in [0.1, 0.15) is 17.3 Å². The molecule has 9 heteroatoms. The molecule has 2 rings (SSSR count). The molecule has 2 aromatic rings. The molecule has 2 amide bonds. The number of nitrogens with one attached hydrogen (secondary N) is 3. The molecule has 0 spiro atoms. The summed E-state index contributed by atoms with van der Waals surface area (Å²) in [6.45, 7) is 1.65. The number of hydrogen-bond donors (Lipinski definition) is 3. The number of carbonyl (C=O) groups is 2. The van der Waals surface area contributed by atoms with Crippen LogP contribution in [-0.4, -0.2) is 36.9 Å². The van der Waals surface area contributed by atoms with Crippen LogP contribution in [0.15, 0.2) is 42.5 Å². The maximum absolute atomic E-state index is 12.4. The molecule has 0 aliphatic carbocycles. The summed E-state index contributed by atoms with van der Waals surface area (Å²) < 4.78 is 5.11. The maximum atomic E-state index is 12.4. The molecular formula is C18H20N4O5. The van der Waals surface area contributed by atoms with Crippen molar-refractivity contribution < 1.29 is 19.2 Å². The average Bonchev–Trinajstić information content (AvgIpc) is 2.67. The number of carbonyl (C=O) groups excluding carboxylic acids is 2. The summed E-state index contributed by atoms with van der Waals surface area (Å²) in [5.41, 5.74) is 1.25. The summed E-state index contributed by atoms with van der Waals surface area (Å²) in [4.78, 5) is 34.4. The Morgan fingerprint density at radius 1 is 1.19 bits per heavy atom. The normalized spacial score (nSPS) is 11.2. The Morgan fingerprint density at radius 2 is 1.93 bits per heavy atom. The predicted octanol–water partition coefficient (Wildman–Crippen LogP) is 2.40. The van der Waals surface area contributed by atoms with Crippen molar-refractivity contribution in [1.29, 1.82) is 0 Å². The molecule has 0 saturated carbocycles. The van der Waals surface area contributed by atoms with Gasteiger partial charge in [0.15, 0.2) is 0 Å². The molecule has 0 bridgehead atoms. The Morgan fingerprint density at radius 3 is 2.56 bits per heavy atom. The van der Waals surface area contributed by atoms with Crippen LogP contribution < -0.4 is 20.7 Å². The molecule has 2 aromatic carbocycles. The Balaban J connectivity index is 2.10. The van der Waals surface area contributed by atoms with Crippen molar-refractivity contribution in [3.05, 3.63) is 58.1 Å². The summed E-state index contributed by atoms with van der Waals surface area (Å²) in [7, 11) is 2.90. The third kappa shape index (κ3) is 4.94. The van der Waals surface area contributed by atoms with Gasteiger partial charge in [-0.15, -0.1) is 0 Å². The van der Waals surface area contributed by atoms with Crippen molar-refractivity contribution in [3.8, 4) is 5.75 Å². The fourth-order valence-corrected chi connectivity index (χ4v) is 2.35. The van der Waals surface area contributed by atoms with Gasteiger partial charge in [-0.2, -0.15) is 0 Å². The molecule has 3 N–H and O–H groups in total. The second-order valence-corrected chi connectivity index (χ2v) is 5.66. The monoisotopic (exact) mass is 372 g/mol. The van der Waals surface area contributed by atoms with Gasteiger partial charge in [-0.05, 0) is 31.2 Å². The molecule has 0 unspecified atom stereocenters. The number of nitro groups is 1. The first-order valence-corrected chi connectivity index (χ1v) is 8.07. The Hall–Kier alpha value is -3.62. The van der Waals surface area contributed by atoms with Crippen LogP contribution in [0.3, 0.4) is 0 Å². The summed E-state index contributed by atoms with van der Waals surface area (Å²) in [6, 6.07) is 10.0. The Kier molecular flexibility index (Phi) is 6.32. The summed E-state index contributed by atoms with van der Waals surface area (Å²) in [5.74, 6) is -0.412. The summed E-state index contributed by atoms with van der Waals surface area (Å²) in [5, 5.41) is 19.0. The zero-order valence-corrected chi connectivity index (χ0v) is 15.1. The van der Waals surface area contributed by atoms with E-state index in [9.17, 15) is 19.7 Å². The SMILES string of the molecule is CNC(=O)c1cccc(N[C@H](C)C(=O)Nc2ccc([N+](=O)[O-])cc2OC)c1. The molecule has 9 nitrogen and oxygen atoms in total. The van der Waals surface area contributed by atoms with E-state index in [0.717, 1.165) is 0 Å². The third-order valence-electron chi connectivity index (χ3n) is 3.78. The smallest absolute Gasteiger partial charge is 0.273 e. The van der Waals surface area contributed by atoms with Crippen LogP contribution in [-0.2, 0) is 4.79 Å². The van der Waals surface area contributed by atoms with Crippen molar-refractivity contribution in [2.75, 3.05) is 24.8 Å². The topological polar surface area (TPSA) is 123 Å². The highest BCUT2D eigenvalue weighted by Gasteiger charge is 2.17. The number of ether oxygens (including phenoxy) is 1. The Bertz CT molecular complexity index is 869. The lowest BCUT2D eigenvalue weighted by Crippen LogP contribution is -2.32. The van der Waals surface area contributed by atoms with Crippen molar-refractivity contribution in [3.63, 3.8) is 0 Å². The largest absolute Gasteiger partial charge is 0.494 e. The van der Waals surface area contributed by atoms with E-state index in [-0.39, 0.29) is 23.3 Å². The fourth-order valence-electron chi connectivity index (χ4n) is 2.35. The van der Waals surface area contributed by atoms with Crippen molar-refractivity contribution >= 4 is 28.9 Å². The van der Waals surface area contributed by atoms with Gasteiger partial charge in [-0.1, -0.05) is 6.07 Å². The number of non-ortho nitro benzene ring substituents is 1. The van der Waals surface area contributed by atoms with E-state index in [2.05, 4.69) is 16.0 Å². The first kappa shape index (κ1) is 19.7. The van der Waals surface area contributed by atoms with E-state index in [4.69, 9.17) is 4.74 Å². The number of nitrogens with zero attached hydrogens (tertiary/aromatic N) is 1. The third-order valence-corrected chi connectivity index (χ3v) is 3.78. The lowest BCUT2D eigenvalue weighted by atomic mass is 10.1. The molecule has 0 aliphatic heterocycles. The summed E-state index contributed by atoms with van der Waals surface area (Å²) >= 11 is 0. The van der Waals surface area contributed by atoms with Crippen molar-refractivity contribution in [2.45, 2.75) is 13.0 Å². The van der Waals surface area contributed by atoms with Gasteiger partial charge in [0.05, 0.1) is 23.8 Å². The van der Waals surface area contributed by atoms with E-state index in [1.54, 1.807) is 31.2 Å². The molecule has 27 heavy (non-hydrogen) atoms. The quantitative estimate of drug-likeness (QED) is 0.507. The lowest BCUT2D eigenvalue weighted by Gasteiger charge is -2.17. The minimum atomic E-state index is -0.634. The van der Waals surface area contributed by atoms with Gasteiger partial charge in [0, 0.05) is 24.4 Å². The highest BCUT2D eigenvalue weighted by atomic mass is 16.6. The van der Waals surface area contributed by atoms with E-state index < -0.39 is 11.0 Å². The number of anilines is 2. The zero-order chi connectivity index (χ0) is 20.0. The molecule has 0 heterocycles. The average molecular weight is 372 g/mol. The molecule has 1 atom stereocenters. The minimum Gasteiger partial charge on any atom is -0.494 e. The number of benzene rings is 2. The van der Waals surface area contributed by atoms with Crippen LogP contribution in [0.2, 0.25) is 0 Å². The minimum absolute atomic E-state index is 0.137. The predicted molar refractivity (Wildman–Crippen MR) is 101 cm³/mol. The number of amides is 2. The van der Waals surface area contributed by atoms with Crippen molar-refractivity contribution in [1.82, 2.24) is 5.32 Å². The fraction of sp³-hybridized carbons (Fsp3) is 0.222. The number of methoxy groups -OCH3 is 1. The summed E-state index contributed by atoms with van der Waals surface area (Å²) in [6.07, 6.45) is 0. The van der Waals surface area contributed by atoms with Gasteiger partial charge in [0.2, 0.25) is 5.91 Å². The number of hydrogen-bond acceptors (Lipinski definition) is 6. The van der Waals surface area contributed by atoms with Gasteiger partial charge >= 0.3 is 0 Å². The molecule has 0 aliphatic rings. The molecule has 0 saturated heterocycles. The van der Waals surface area contributed by atoms with E-state index in [1.807, 2.05) is 0 Å². The standard InChI is InChI=1S/C18H20N4O5/c1-11(20-13-6-4-5-12(9-13)18(24)19-2)17(23)21-15-8-7-14(22(25)26)10-16(15)27-3/h4-11,20H,1-3H3,(H,19,24)(H,21,23)/t11-/m1/s1. The Labute approximate surface area is 155 Å². The second-order valence-electron chi connectivity index (χ2n) is 5.66. The first-order chi connectivity index (χ1) is 12.8. The van der Waals surface area contributed by atoms with Gasteiger partial charge in [-0.25, -0.2) is 0 Å².